The molecule has 0 saturated carbocycles. The lowest BCUT2D eigenvalue weighted by Crippen LogP contribution is -2.44. The Labute approximate surface area is 84.8 Å². The summed E-state index contributed by atoms with van der Waals surface area (Å²) in [4.78, 5) is 13.8. The molecule has 0 aromatic heterocycles. The molecule has 3 atom stereocenters. The Morgan fingerprint density at radius 1 is 1.57 bits per heavy atom. The van der Waals surface area contributed by atoms with Crippen LogP contribution in [0.15, 0.2) is 0 Å². The summed E-state index contributed by atoms with van der Waals surface area (Å²) in [6.07, 6.45) is 3.42. The highest BCUT2D eigenvalue weighted by molar-refractivity contribution is 5.75. The molecule has 2 rings (SSSR count). The van der Waals surface area contributed by atoms with Crippen LogP contribution >= 0.6 is 0 Å². The molecule has 0 spiro atoms. The second kappa shape index (κ2) is 3.77. The molecule has 0 aliphatic carbocycles. The zero-order chi connectivity index (χ0) is 10.1. The lowest BCUT2D eigenvalue weighted by molar-refractivity contribution is 0.188. The molecular weight excluding hydrogens is 178 g/mol. The third kappa shape index (κ3) is 1.38. The highest BCUT2D eigenvalue weighted by Gasteiger charge is 2.47. The first-order valence-corrected chi connectivity index (χ1v) is 5.54. The van der Waals surface area contributed by atoms with Gasteiger partial charge in [-0.1, -0.05) is 0 Å². The molecule has 4 heteroatoms. The normalized spacial score (nSPS) is 35.0. The lowest BCUT2D eigenvalue weighted by Gasteiger charge is -2.23. The van der Waals surface area contributed by atoms with Crippen molar-refractivity contribution in [2.24, 2.45) is 11.7 Å². The maximum absolute atomic E-state index is 11.7. The van der Waals surface area contributed by atoms with E-state index in [2.05, 4.69) is 5.32 Å². The van der Waals surface area contributed by atoms with Crippen LogP contribution in [0.2, 0.25) is 0 Å². The van der Waals surface area contributed by atoms with Gasteiger partial charge in [-0.2, -0.15) is 0 Å². The molecule has 80 valence electrons. The van der Waals surface area contributed by atoms with E-state index < -0.39 is 0 Å². The summed E-state index contributed by atoms with van der Waals surface area (Å²) in [7, 11) is 0. The van der Waals surface area contributed by atoms with Crippen LogP contribution in [0.4, 0.5) is 4.79 Å². The Bertz CT molecular complexity index is 231. The SMILES string of the molecule is CCNC(=O)N1C2CCC1C(CN)C2. The van der Waals surface area contributed by atoms with Gasteiger partial charge in [0.25, 0.3) is 0 Å². The van der Waals surface area contributed by atoms with Crippen LogP contribution in [0.5, 0.6) is 0 Å². The topological polar surface area (TPSA) is 58.4 Å². The van der Waals surface area contributed by atoms with E-state index in [1.807, 2.05) is 11.8 Å². The molecule has 2 amide bonds. The van der Waals surface area contributed by atoms with Crippen LogP contribution in [0.1, 0.15) is 26.2 Å². The maximum Gasteiger partial charge on any atom is 0.317 e. The van der Waals surface area contributed by atoms with Crippen molar-refractivity contribution in [2.45, 2.75) is 38.3 Å². The van der Waals surface area contributed by atoms with Gasteiger partial charge in [-0.15, -0.1) is 0 Å². The van der Waals surface area contributed by atoms with Gasteiger partial charge in [0.15, 0.2) is 0 Å². The first-order chi connectivity index (χ1) is 6.77. The Morgan fingerprint density at radius 3 is 2.93 bits per heavy atom. The summed E-state index contributed by atoms with van der Waals surface area (Å²) in [5.41, 5.74) is 5.70. The van der Waals surface area contributed by atoms with Gasteiger partial charge in [-0.25, -0.2) is 4.79 Å². The number of hydrogen-bond donors (Lipinski definition) is 2. The van der Waals surface area contributed by atoms with Crippen molar-refractivity contribution in [1.29, 1.82) is 0 Å². The average Bonchev–Trinajstić information content (AvgIpc) is 2.74. The highest BCUT2D eigenvalue weighted by atomic mass is 16.2. The fourth-order valence-electron chi connectivity index (χ4n) is 2.93. The first-order valence-electron chi connectivity index (χ1n) is 5.54. The highest BCUT2D eigenvalue weighted by Crippen LogP contribution is 2.40. The zero-order valence-corrected chi connectivity index (χ0v) is 8.70. The van der Waals surface area contributed by atoms with Gasteiger partial charge >= 0.3 is 6.03 Å². The van der Waals surface area contributed by atoms with E-state index in [0.717, 1.165) is 25.8 Å². The number of nitrogens with two attached hydrogens (primary N) is 1. The minimum absolute atomic E-state index is 0.107. The predicted octanol–water partition coefficient (Wildman–Crippen LogP) is 0.527. The van der Waals surface area contributed by atoms with E-state index in [0.29, 0.717) is 24.5 Å². The third-order valence-corrected chi connectivity index (χ3v) is 3.53. The summed E-state index contributed by atoms with van der Waals surface area (Å²) in [5, 5.41) is 2.88. The van der Waals surface area contributed by atoms with Gasteiger partial charge < -0.3 is 16.0 Å². The van der Waals surface area contributed by atoms with Crippen molar-refractivity contribution < 1.29 is 4.79 Å². The van der Waals surface area contributed by atoms with Crippen molar-refractivity contribution >= 4 is 6.03 Å². The second-order valence-electron chi connectivity index (χ2n) is 4.27. The Kier molecular flexibility index (Phi) is 2.63. The van der Waals surface area contributed by atoms with E-state index in [1.54, 1.807) is 0 Å². The molecular formula is C10H19N3O. The summed E-state index contributed by atoms with van der Waals surface area (Å²) < 4.78 is 0. The molecule has 2 bridgehead atoms. The number of nitrogens with zero attached hydrogens (tertiary/aromatic N) is 1. The molecule has 2 saturated heterocycles. The van der Waals surface area contributed by atoms with Crippen LogP contribution in [0.3, 0.4) is 0 Å². The molecule has 2 aliphatic rings. The van der Waals surface area contributed by atoms with Crippen molar-refractivity contribution in [3.8, 4) is 0 Å². The van der Waals surface area contributed by atoms with Crippen LogP contribution < -0.4 is 11.1 Å². The quantitative estimate of drug-likeness (QED) is 0.678. The maximum atomic E-state index is 11.7. The summed E-state index contributed by atoms with van der Waals surface area (Å²) in [5.74, 6) is 0.538. The number of carbonyl (C=O) groups is 1. The average molecular weight is 197 g/mol. The molecule has 3 unspecified atom stereocenters. The van der Waals surface area contributed by atoms with Crippen molar-refractivity contribution in [2.75, 3.05) is 13.1 Å². The number of amides is 2. The van der Waals surface area contributed by atoms with Crippen LogP contribution in [-0.4, -0.2) is 36.1 Å². The second-order valence-corrected chi connectivity index (χ2v) is 4.27. The smallest absolute Gasteiger partial charge is 0.317 e. The molecule has 2 aliphatic heterocycles. The number of hydrogen-bond acceptors (Lipinski definition) is 2. The van der Waals surface area contributed by atoms with Crippen LogP contribution in [-0.2, 0) is 0 Å². The molecule has 2 heterocycles. The Morgan fingerprint density at radius 2 is 2.36 bits per heavy atom. The van der Waals surface area contributed by atoms with Crippen molar-refractivity contribution in [3.05, 3.63) is 0 Å². The Balaban J connectivity index is 2.03. The number of fused-ring (bicyclic) bond motifs is 2. The van der Waals surface area contributed by atoms with Crippen molar-refractivity contribution in [1.82, 2.24) is 10.2 Å². The number of rotatable bonds is 2. The van der Waals surface area contributed by atoms with Crippen LogP contribution in [0.25, 0.3) is 0 Å². The number of urea groups is 1. The predicted molar refractivity (Wildman–Crippen MR) is 54.9 cm³/mol. The van der Waals surface area contributed by atoms with E-state index >= 15 is 0 Å². The molecule has 3 N–H and O–H groups in total. The Hall–Kier alpha value is -0.770. The molecule has 0 radical (unpaired) electrons. The van der Waals surface area contributed by atoms with Crippen LogP contribution in [0, 0.1) is 5.92 Å². The lowest BCUT2D eigenvalue weighted by atomic mass is 9.89. The van der Waals surface area contributed by atoms with Crippen molar-refractivity contribution in [3.63, 3.8) is 0 Å². The van der Waals surface area contributed by atoms with Gasteiger partial charge in [0.05, 0.1) is 0 Å². The largest absolute Gasteiger partial charge is 0.338 e. The van der Waals surface area contributed by atoms with E-state index in [-0.39, 0.29) is 6.03 Å². The molecule has 14 heavy (non-hydrogen) atoms. The molecule has 0 aromatic rings. The van der Waals surface area contributed by atoms with Gasteiger partial charge in [0.2, 0.25) is 0 Å². The van der Waals surface area contributed by atoms with E-state index in [4.69, 9.17) is 5.73 Å². The van der Waals surface area contributed by atoms with Gasteiger partial charge in [0, 0.05) is 18.6 Å². The molecule has 4 nitrogen and oxygen atoms in total. The third-order valence-electron chi connectivity index (χ3n) is 3.53. The fraction of sp³-hybridized carbons (Fsp3) is 0.900. The molecule has 2 fully saturated rings. The standard InChI is InChI=1S/C10H19N3O/c1-2-12-10(14)13-8-3-4-9(13)7(5-8)6-11/h7-9H,2-6,11H2,1H3,(H,12,14). The minimum atomic E-state index is 0.107. The fourth-order valence-corrected chi connectivity index (χ4v) is 2.93. The monoisotopic (exact) mass is 197 g/mol. The van der Waals surface area contributed by atoms with E-state index in [9.17, 15) is 4.79 Å². The van der Waals surface area contributed by atoms with E-state index in [1.165, 1.54) is 0 Å². The summed E-state index contributed by atoms with van der Waals surface area (Å²) in [6.45, 7) is 3.38. The number of nitrogens with one attached hydrogen (secondary N) is 1. The van der Waals surface area contributed by atoms with Gasteiger partial charge in [-0.3, -0.25) is 0 Å². The summed E-state index contributed by atoms with van der Waals surface area (Å²) in [6, 6.07) is 0.979. The van der Waals surface area contributed by atoms with Gasteiger partial charge in [-0.05, 0) is 38.6 Å². The number of carbonyl (C=O) groups excluding carboxylic acids is 1. The van der Waals surface area contributed by atoms with Gasteiger partial charge in [0.1, 0.15) is 0 Å². The first kappa shape index (κ1) is 9.77. The molecule has 0 aromatic carbocycles. The minimum Gasteiger partial charge on any atom is -0.338 e. The summed E-state index contributed by atoms with van der Waals surface area (Å²) >= 11 is 0. The zero-order valence-electron chi connectivity index (χ0n) is 8.70.